The number of ketones is 1. The molecule has 2 aromatic rings. The fourth-order valence-corrected chi connectivity index (χ4v) is 3.63. The quantitative estimate of drug-likeness (QED) is 0.740. The van der Waals surface area contributed by atoms with E-state index in [0.29, 0.717) is 17.8 Å². The van der Waals surface area contributed by atoms with Gasteiger partial charge in [0.2, 0.25) is 5.91 Å². The maximum Gasteiger partial charge on any atom is 0.238 e. The number of methoxy groups -OCH3 is 2. The van der Waals surface area contributed by atoms with Crippen LogP contribution >= 0.6 is 0 Å². The summed E-state index contributed by atoms with van der Waals surface area (Å²) in [6.45, 7) is 2.68. The van der Waals surface area contributed by atoms with Gasteiger partial charge in [0.15, 0.2) is 5.78 Å². The Kier molecular flexibility index (Phi) is 6.31. The molecule has 1 aliphatic rings. The lowest BCUT2D eigenvalue weighted by Gasteiger charge is -2.26. The van der Waals surface area contributed by atoms with Crippen LogP contribution in [-0.4, -0.2) is 43.9 Å². The first-order valence-corrected chi connectivity index (χ1v) is 9.38. The zero-order chi connectivity index (χ0) is 20.1. The molecule has 1 saturated heterocycles. The molecule has 6 nitrogen and oxygen atoms in total. The molecule has 0 aliphatic carbocycles. The van der Waals surface area contributed by atoms with Gasteiger partial charge in [0.25, 0.3) is 0 Å². The number of amides is 1. The fraction of sp³-hybridized carbons (Fsp3) is 0.364. The van der Waals surface area contributed by atoms with Gasteiger partial charge in [-0.15, -0.1) is 0 Å². The van der Waals surface area contributed by atoms with E-state index in [2.05, 4.69) is 10.2 Å². The molecule has 1 heterocycles. The third-order valence-electron chi connectivity index (χ3n) is 5.09. The Balaban J connectivity index is 1.68. The van der Waals surface area contributed by atoms with Crippen LogP contribution < -0.4 is 14.8 Å². The summed E-state index contributed by atoms with van der Waals surface area (Å²) in [7, 11) is 3.28. The normalized spacial score (nSPS) is 16.6. The van der Waals surface area contributed by atoms with Crippen LogP contribution in [0.1, 0.15) is 41.7 Å². The molecule has 0 spiro atoms. The molecule has 0 aromatic heterocycles. The average Bonchev–Trinajstić information content (AvgIpc) is 3.15. The second kappa shape index (κ2) is 8.89. The smallest absolute Gasteiger partial charge is 0.238 e. The first-order valence-electron chi connectivity index (χ1n) is 9.38. The minimum atomic E-state index is -0.0741. The molecule has 0 unspecified atom stereocenters. The molecule has 6 heteroatoms. The topological polar surface area (TPSA) is 67.9 Å². The van der Waals surface area contributed by atoms with E-state index in [-0.39, 0.29) is 17.7 Å². The van der Waals surface area contributed by atoms with E-state index in [1.807, 2.05) is 18.2 Å². The van der Waals surface area contributed by atoms with Crippen molar-refractivity contribution in [3.63, 3.8) is 0 Å². The summed E-state index contributed by atoms with van der Waals surface area (Å²) >= 11 is 0. The Labute approximate surface area is 165 Å². The molecular formula is C22H26N2O4. The van der Waals surface area contributed by atoms with Gasteiger partial charge in [-0.25, -0.2) is 0 Å². The number of likely N-dealkylation sites (tertiary alicyclic amines) is 1. The second-order valence-corrected chi connectivity index (χ2v) is 6.92. The van der Waals surface area contributed by atoms with Gasteiger partial charge >= 0.3 is 0 Å². The number of Topliss-reactive ketones (excluding diaryl/α,β-unsaturated/α-hetero) is 1. The number of nitrogens with zero attached hydrogens (tertiary/aromatic N) is 1. The van der Waals surface area contributed by atoms with Gasteiger partial charge in [0, 0.05) is 28.9 Å². The number of rotatable bonds is 7. The molecule has 1 atom stereocenters. The Morgan fingerprint density at radius 3 is 2.50 bits per heavy atom. The number of nitrogens with one attached hydrogen (secondary N) is 1. The van der Waals surface area contributed by atoms with Crippen molar-refractivity contribution >= 4 is 17.4 Å². The molecule has 0 saturated carbocycles. The zero-order valence-electron chi connectivity index (χ0n) is 16.5. The highest BCUT2D eigenvalue weighted by atomic mass is 16.5. The summed E-state index contributed by atoms with van der Waals surface area (Å²) in [5.41, 5.74) is 2.39. The summed E-state index contributed by atoms with van der Waals surface area (Å²) in [6.07, 6.45) is 2.00. The molecule has 0 bridgehead atoms. The van der Waals surface area contributed by atoms with Crippen molar-refractivity contribution in [1.29, 1.82) is 0 Å². The third kappa shape index (κ3) is 4.51. The van der Waals surface area contributed by atoms with Crippen LogP contribution in [0.4, 0.5) is 5.69 Å². The van der Waals surface area contributed by atoms with Crippen LogP contribution in [0.5, 0.6) is 11.5 Å². The molecule has 1 fully saturated rings. The van der Waals surface area contributed by atoms with Crippen LogP contribution in [0.15, 0.2) is 42.5 Å². The molecule has 1 N–H and O–H groups in total. The van der Waals surface area contributed by atoms with Gasteiger partial charge in [0.05, 0.1) is 20.8 Å². The zero-order valence-corrected chi connectivity index (χ0v) is 16.5. The molecule has 28 heavy (non-hydrogen) atoms. The summed E-state index contributed by atoms with van der Waals surface area (Å²) < 4.78 is 10.8. The van der Waals surface area contributed by atoms with E-state index in [0.717, 1.165) is 36.4 Å². The molecule has 1 amide bonds. The molecule has 2 aromatic carbocycles. The van der Waals surface area contributed by atoms with Gasteiger partial charge < -0.3 is 14.8 Å². The molecular weight excluding hydrogens is 356 g/mol. The van der Waals surface area contributed by atoms with Crippen molar-refractivity contribution < 1.29 is 19.1 Å². The number of hydrogen-bond donors (Lipinski definition) is 1. The van der Waals surface area contributed by atoms with Crippen LogP contribution in [-0.2, 0) is 4.79 Å². The van der Waals surface area contributed by atoms with Gasteiger partial charge in [-0.1, -0.05) is 6.07 Å². The Morgan fingerprint density at radius 2 is 1.86 bits per heavy atom. The molecule has 3 rings (SSSR count). The van der Waals surface area contributed by atoms with E-state index in [4.69, 9.17) is 9.47 Å². The number of ether oxygens (including phenoxy) is 2. The van der Waals surface area contributed by atoms with Crippen molar-refractivity contribution in [1.82, 2.24) is 4.90 Å². The lowest BCUT2D eigenvalue weighted by atomic mass is 10.0. The SMILES string of the molecule is COc1ccc([C@H]2CCCN2CC(=O)Nc2ccc(C(C)=O)cc2)c(OC)c1. The largest absolute Gasteiger partial charge is 0.497 e. The Hall–Kier alpha value is -2.86. The van der Waals surface area contributed by atoms with Crippen molar-refractivity contribution in [2.75, 3.05) is 32.6 Å². The van der Waals surface area contributed by atoms with Gasteiger partial charge in [-0.05, 0) is 56.6 Å². The average molecular weight is 382 g/mol. The van der Waals surface area contributed by atoms with E-state index in [1.165, 1.54) is 6.92 Å². The highest BCUT2D eigenvalue weighted by Crippen LogP contribution is 2.38. The van der Waals surface area contributed by atoms with Gasteiger partial charge in [0.1, 0.15) is 11.5 Å². The highest BCUT2D eigenvalue weighted by Gasteiger charge is 2.29. The maximum atomic E-state index is 12.5. The first-order chi connectivity index (χ1) is 13.5. The van der Waals surface area contributed by atoms with Crippen molar-refractivity contribution in [2.24, 2.45) is 0 Å². The van der Waals surface area contributed by atoms with E-state index >= 15 is 0 Å². The standard InChI is InChI=1S/C22H26N2O4/c1-15(25)16-6-8-17(9-7-16)23-22(26)14-24-12-4-5-20(24)19-11-10-18(27-2)13-21(19)28-3/h6-11,13,20H,4-5,12,14H2,1-3H3,(H,23,26)/t20-/m1/s1. The van der Waals surface area contributed by atoms with Gasteiger partial charge in [-0.2, -0.15) is 0 Å². The maximum absolute atomic E-state index is 12.5. The first kappa shape index (κ1) is 19.9. The lowest BCUT2D eigenvalue weighted by molar-refractivity contribution is -0.117. The third-order valence-corrected chi connectivity index (χ3v) is 5.09. The Bertz CT molecular complexity index is 848. The number of carbonyl (C=O) groups excluding carboxylic acids is 2. The minimum Gasteiger partial charge on any atom is -0.497 e. The van der Waals surface area contributed by atoms with Crippen LogP contribution in [0.3, 0.4) is 0 Å². The fourth-order valence-electron chi connectivity index (χ4n) is 3.63. The van der Waals surface area contributed by atoms with Crippen LogP contribution in [0, 0.1) is 0 Å². The number of benzene rings is 2. The highest BCUT2D eigenvalue weighted by molar-refractivity contribution is 5.96. The van der Waals surface area contributed by atoms with Crippen molar-refractivity contribution in [3.05, 3.63) is 53.6 Å². The number of carbonyl (C=O) groups is 2. The lowest BCUT2D eigenvalue weighted by Crippen LogP contribution is -2.33. The minimum absolute atomic E-state index is 0.00576. The van der Waals surface area contributed by atoms with Gasteiger partial charge in [-0.3, -0.25) is 14.5 Å². The van der Waals surface area contributed by atoms with Crippen LogP contribution in [0.2, 0.25) is 0 Å². The van der Waals surface area contributed by atoms with E-state index < -0.39 is 0 Å². The monoisotopic (exact) mass is 382 g/mol. The predicted octanol–water partition coefficient (Wildman–Crippen LogP) is 3.68. The second-order valence-electron chi connectivity index (χ2n) is 6.92. The molecule has 0 radical (unpaired) electrons. The summed E-state index contributed by atoms with van der Waals surface area (Å²) in [4.78, 5) is 26.1. The number of hydrogen-bond acceptors (Lipinski definition) is 5. The molecule has 148 valence electrons. The molecule has 1 aliphatic heterocycles. The van der Waals surface area contributed by atoms with Crippen LogP contribution in [0.25, 0.3) is 0 Å². The summed E-state index contributed by atoms with van der Waals surface area (Å²) in [5, 5.41) is 2.91. The van der Waals surface area contributed by atoms with E-state index in [9.17, 15) is 9.59 Å². The summed E-state index contributed by atoms with van der Waals surface area (Å²) in [6, 6.07) is 12.9. The van der Waals surface area contributed by atoms with Crippen molar-refractivity contribution in [3.8, 4) is 11.5 Å². The van der Waals surface area contributed by atoms with E-state index in [1.54, 1.807) is 38.5 Å². The van der Waals surface area contributed by atoms with Crippen molar-refractivity contribution in [2.45, 2.75) is 25.8 Å². The number of anilines is 1. The Morgan fingerprint density at radius 1 is 1.11 bits per heavy atom. The predicted molar refractivity (Wildman–Crippen MR) is 108 cm³/mol. The summed E-state index contributed by atoms with van der Waals surface area (Å²) in [5.74, 6) is 1.45.